The van der Waals surface area contributed by atoms with E-state index in [9.17, 15) is 23.6 Å². The summed E-state index contributed by atoms with van der Waals surface area (Å²) in [6, 6.07) is 16.5. The first kappa shape index (κ1) is 27.4. The number of piperidine rings is 1. The summed E-state index contributed by atoms with van der Waals surface area (Å²) in [4.78, 5) is 31.6. The Morgan fingerprint density at radius 1 is 1.13 bits per heavy atom. The fraction of sp³-hybridized carbons (Fsp3) is 0.393. The van der Waals surface area contributed by atoms with Crippen LogP contribution in [0.4, 0.5) is 8.78 Å². The summed E-state index contributed by atoms with van der Waals surface area (Å²) in [6.07, 6.45) is -1.88. The number of ether oxygens (including phenoxy) is 1. The average Bonchev–Trinajstić information content (AvgIpc) is 2.91. The van der Waals surface area contributed by atoms with E-state index in [1.54, 1.807) is 41.6 Å². The summed E-state index contributed by atoms with van der Waals surface area (Å²) in [6.45, 7) is 4.11. The normalized spacial score (nSPS) is 16.3. The molecule has 1 unspecified atom stereocenters. The molecule has 1 aromatic heterocycles. The van der Waals surface area contributed by atoms with Crippen molar-refractivity contribution in [1.82, 2.24) is 20.7 Å². The van der Waals surface area contributed by atoms with E-state index in [0.29, 0.717) is 43.9 Å². The van der Waals surface area contributed by atoms with Gasteiger partial charge in [0.2, 0.25) is 5.91 Å². The Kier molecular flexibility index (Phi) is 8.53. The molecule has 1 fully saturated rings. The number of nitrogens with zero attached hydrogens (tertiary/aromatic N) is 2. The van der Waals surface area contributed by atoms with Crippen LogP contribution in [0.25, 0.3) is 10.9 Å². The number of rotatable bonds is 9. The monoisotopic (exact) mass is 526 g/mol. The van der Waals surface area contributed by atoms with E-state index < -0.39 is 29.7 Å². The highest BCUT2D eigenvalue weighted by atomic mass is 19.3. The first-order valence-electron chi connectivity index (χ1n) is 12.6. The van der Waals surface area contributed by atoms with Crippen molar-refractivity contribution in [2.75, 3.05) is 19.6 Å². The van der Waals surface area contributed by atoms with Gasteiger partial charge in [0.25, 0.3) is 12.3 Å². The SMILES string of the molecule is Cc1cc(COc2ccc(C(=O)NC3(C(C)C(=O)NO)CCN(CC(F)F)CC3)cc2)c2ccccc2n1. The number of carbonyl (C=O) groups excluding carboxylic acids is 2. The van der Waals surface area contributed by atoms with E-state index in [4.69, 9.17) is 4.74 Å². The number of para-hydroxylation sites is 1. The summed E-state index contributed by atoms with van der Waals surface area (Å²) >= 11 is 0. The Morgan fingerprint density at radius 3 is 2.47 bits per heavy atom. The molecule has 1 atom stereocenters. The molecule has 0 radical (unpaired) electrons. The Labute approximate surface area is 220 Å². The number of pyridine rings is 1. The molecule has 1 aliphatic rings. The number of aromatic nitrogens is 1. The third kappa shape index (κ3) is 6.25. The first-order valence-corrected chi connectivity index (χ1v) is 12.6. The maximum absolute atomic E-state index is 13.2. The molecule has 0 saturated carbocycles. The molecule has 2 heterocycles. The molecule has 2 aromatic carbocycles. The maximum atomic E-state index is 13.2. The van der Waals surface area contributed by atoms with Crippen molar-refractivity contribution in [3.63, 3.8) is 0 Å². The third-order valence-corrected chi connectivity index (χ3v) is 7.28. The zero-order chi connectivity index (χ0) is 27.3. The molecule has 1 saturated heterocycles. The molecule has 38 heavy (non-hydrogen) atoms. The zero-order valence-corrected chi connectivity index (χ0v) is 21.4. The van der Waals surface area contributed by atoms with E-state index in [0.717, 1.165) is 22.2 Å². The lowest BCUT2D eigenvalue weighted by molar-refractivity contribution is -0.136. The molecule has 4 rings (SSSR count). The summed E-state index contributed by atoms with van der Waals surface area (Å²) < 4.78 is 31.6. The Bertz CT molecular complexity index is 1280. The van der Waals surface area contributed by atoms with Crippen LogP contribution in [0, 0.1) is 12.8 Å². The van der Waals surface area contributed by atoms with Crippen molar-refractivity contribution in [2.24, 2.45) is 5.92 Å². The molecule has 202 valence electrons. The molecule has 8 nitrogen and oxygen atoms in total. The quantitative estimate of drug-likeness (QED) is 0.287. The van der Waals surface area contributed by atoms with Gasteiger partial charge in [-0.15, -0.1) is 0 Å². The van der Waals surface area contributed by atoms with Crippen LogP contribution in [-0.2, 0) is 11.4 Å². The van der Waals surface area contributed by atoms with E-state index in [1.165, 1.54) is 0 Å². The van der Waals surface area contributed by atoms with Gasteiger partial charge in [0.05, 0.1) is 23.5 Å². The molecule has 3 aromatic rings. The smallest absolute Gasteiger partial charge is 0.251 e. The van der Waals surface area contributed by atoms with Gasteiger partial charge in [0.1, 0.15) is 12.4 Å². The lowest BCUT2D eigenvalue weighted by Crippen LogP contribution is -2.61. The molecule has 0 spiro atoms. The van der Waals surface area contributed by atoms with Gasteiger partial charge in [-0.1, -0.05) is 25.1 Å². The fourth-order valence-corrected chi connectivity index (χ4v) is 5.02. The number of hydrogen-bond donors (Lipinski definition) is 3. The number of hydroxylamine groups is 1. The molecule has 0 bridgehead atoms. The Hall–Kier alpha value is -3.63. The highest BCUT2D eigenvalue weighted by Gasteiger charge is 2.44. The number of amides is 2. The van der Waals surface area contributed by atoms with Gasteiger partial charge in [-0.25, -0.2) is 14.3 Å². The lowest BCUT2D eigenvalue weighted by atomic mass is 9.76. The summed E-state index contributed by atoms with van der Waals surface area (Å²) in [5.41, 5.74) is 3.83. The van der Waals surface area contributed by atoms with E-state index in [-0.39, 0.29) is 6.54 Å². The van der Waals surface area contributed by atoms with Crippen molar-refractivity contribution >= 4 is 22.7 Å². The standard InChI is InChI=1S/C28H32F2N4O4/c1-18-15-21(23-5-3-4-6-24(23)31-18)17-38-22-9-7-20(8-10-22)27(36)32-28(19(2)26(35)33-37)11-13-34(14-12-28)16-25(29)30/h3-10,15,19,25,37H,11-14,16-17H2,1-2H3,(H,32,36)(H,33,35). The molecular formula is C28H32F2N4O4. The average molecular weight is 527 g/mol. The van der Waals surface area contributed by atoms with Gasteiger partial charge in [-0.2, -0.15) is 0 Å². The molecule has 1 aliphatic heterocycles. The van der Waals surface area contributed by atoms with Crippen molar-refractivity contribution in [1.29, 1.82) is 0 Å². The van der Waals surface area contributed by atoms with Gasteiger partial charge in [0.15, 0.2) is 0 Å². The number of alkyl halides is 2. The minimum atomic E-state index is -2.46. The molecule has 2 amide bonds. The van der Waals surface area contributed by atoms with Crippen LogP contribution in [0.2, 0.25) is 0 Å². The van der Waals surface area contributed by atoms with Crippen molar-refractivity contribution in [3.8, 4) is 5.75 Å². The second-order valence-electron chi connectivity index (χ2n) is 9.75. The topological polar surface area (TPSA) is 104 Å². The number of halogens is 2. The predicted molar refractivity (Wildman–Crippen MR) is 138 cm³/mol. The fourth-order valence-electron chi connectivity index (χ4n) is 5.02. The second-order valence-corrected chi connectivity index (χ2v) is 9.75. The van der Waals surface area contributed by atoms with Crippen LogP contribution in [0.5, 0.6) is 5.75 Å². The number of hydrogen-bond acceptors (Lipinski definition) is 6. The third-order valence-electron chi connectivity index (χ3n) is 7.28. The van der Waals surface area contributed by atoms with E-state index >= 15 is 0 Å². The summed E-state index contributed by atoms with van der Waals surface area (Å²) in [5.74, 6) is -1.23. The van der Waals surface area contributed by atoms with Crippen LogP contribution in [0.3, 0.4) is 0 Å². The number of carbonyl (C=O) groups is 2. The first-order chi connectivity index (χ1) is 18.2. The molecule has 3 N–H and O–H groups in total. The van der Waals surface area contributed by atoms with Crippen LogP contribution < -0.4 is 15.5 Å². The van der Waals surface area contributed by atoms with Crippen molar-refractivity contribution in [2.45, 2.75) is 45.3 Å². The van der Waals surface area contributed by atoms with Gasteiger partial charge in [-0.3, -0.25) is 24.7 Å². The largest absolute Gasteiger partial charge is 0.489 e. The summed E-state index contributed by atoms with van der Waals surface area (Å²) in [5, 5.41) is 13.2. The number of nitrogens with one attached hydrogen (secondary N) is 2. The van der Waals surface area contributed by atoms with Gasteiger partial charge < -0.3 is 10.1 Å². The maximum Gasteiger partial charge on any atom is 0.251 e. The second kappa shape index (κ2) is 11.8. The van der Waals surface area contributed by atoms with Crippen molar-refractivity contribution in [3.05, 3.63) is 71.4 Å². The zero-order valence-electron chi connectivity index (χ0n) is 21.4. The summed E-state index contributed by atoms with van der Waals surface area (Å²) in [7, 11) is 0. The number of benzene rings is 2. The minimum Gasteiger partial charge on any atom is -0.489 e. The van der Waals surface area contributed by atoms with Gasteiger partial charge in [0, 0.05) is 35.3 Å². The number of aryl methyl sites for hydroxylation is 1. The van der Waals surface area contributed by atoms with Crippen LogP contribution in [0.15, 0.2) is 54.6 Å². The van der Waals surface area contributed by atoms with Crippen molar-refractivity contribution < 1.29 is 28.3 Å². The van der Waals surface area contributed by atoms with Gasteiger partial charge in [-0.05, 0) is 56.2 Å². The van der Waals surface area contributed by atoms with Crippen LogP contribution in [-0.4, -0.2) is 58.5 Å². The van der Waals surface area contributed by atoms with Crippen LogP contribution >= 0.6 is 0 Å². The molecule has 10 heteroatoms. The van der Waals surface area contributed by atoms with Gasteiger partial charge >= 0.3 is 0 Å². The number of fused-ring (bicyclic) bond motifs is 1. The molecular weight excluding hydrogens is 494 g/mol. The Morgan fingerprint density at radius 2 is 1.82 bits per heavy atom. The lowest BCUT2D eigenvalue weighted by Gasteiger charge is -2.45. The van der Waals surface area contributed by atoms with Crippen LogP contribution in [0.1, 0.15) is 41.4 Å². The van der Waals surface area contributed by atoms with E-state index in [2.05, 4.69) is 10.3 Å². The minimum absolute atomic E-state index is 0.292. The molecule has 0 aliphatic carbocycles. The highest BCUT2D eigenvalue weighted by molar-refractivity contribution is 5.95. The highest BCUT2D eigenvalue weighted by Crippen LogP contribution is 2.31. The van der Waals surface area contributed by atoms with E-state index in [1.807, 2.05) is 37.3 Å². The predicted octanol–water partition coefficient (Wildman–Crippen LogP) is 4.09. The number of likely N-dealkylation sites (tertiary alicyclic amines) is 1. The Balaban J connectivity index is 1.44.